The van der Waals surface area contributed by atoms with E-state index in [1.165, 1.54) is 0 Å². The lowest BCUT2D eigenvalue weighted by Gasteiger charge is -2.14. The van der Waals surface area contributed by atoms with Gasteiger partial charge in [0.15, 0.2) is 0 Å². The van der Waals surface area contributed by atoms with Crippen molar-refractivity contribution in [2.24, 2.45) is 0 Å². The molecule has 1 amide bonds. The van der Waals surface area contributed by atoms with E-state index >= 15 is 0 Å². The molecule has 12 nitrogen and oxygen atoms in total. The lowest BCUT2D eigenvalue weighted by atomic mass is 10.2. The normalized spacial score (nSPS) is 21.0. The van der Waals surface area contributed by atoms with Crippen LogP contribution in [0.3, 0.4) is 0 Å². The van der Waals surface area contributed by atoms with Gasteiger partial charge in [-0.15, -0.1) is 0 Å². The Morgan fingerprint density at radius 2 is 2.10 bits per heavy atom. The maximum atomic E-state index is 12.0. The van der Waals surface area contributed by atoms with Gasteiger partial charge in [0.2, 0.25) is 0 Å². The van der Waals surface area contributed by atoms with Crippen molar-refractivity contribution in [2.45, 2.75) is 31.3 Å². The molecule has 0 radical (unpaired) electrons. The first-order valence-corrected chi connectivity index (χ1v) is 8.43. The van der Waals surface area contributed by atoms with E-state index in [1.54, 1.807) is 0 Å². The highest BCUT2D eigenvalue weighted by Crippen LogP contribution is 2.27. The largest absolute Gasteiger partial charge is 0.478 e. The Morgan fingerprint density at radius 3 is 2.72 bits per heavy atom. The number of carbonyl (C=O) groups excluding carboxylic acids is 1. The van der Waals surface area contributed by atoms with Crippen molar-refractivity contribution >= 4 is 11.9 Å². The van der Waals surface area contributed by atoms with Crippen LogP contribution in [-0.2, 0) is 14.3 Å². The van der Waals surface area contributed by atoms with Crippen LogP contribution in [0.5, 0.6) is 0 Å². The highest BCUT2D eigenvalue weighted by Gasteiger charge is 2.35. The molecule has 1 aliphatic rings. The number of aliphatic hydroxyl groups is 2. The smallest absolute Gasteiger partial charge is 0.330 e. The number of hydrogen-bond donors (Lipinski definition) is 5. The van der Waals surface area contributed by atoms with E-state index in [1.807, 2.05) is 0 Å². The minimum Gasteiger partial charge on any atom is -0.478 e. The molecule has 156 valence electrons. The summed E-state index contributed by atoms with van der Waals surface area (Å²) in [5.74, 6) is 2.76. The molecule has 0 spiro atoms. The molecule has 2 heterocycles. The van der Waals surface area contributed by atoms with Crippen LogP contribution in [0.15, 0.2) is 27.9 Å². The summed E-state index contributed by atoms with van der Waals surface area (Å²) in [5.41, 5.74) is -1.61. The third-order valence-electron chi connectivity index (χ3n) is 3.96. The Kier molecular flexibility index (Phi) is 7.46. The molecule has 1 aromatic rings. The van der Waals surface area contributed by atoms with Crippen LogP contribution >= 0.6 is 0 Å². The van der Waals surface area contributed by atoms with Gasteiger partial charge in [0.1, 0.15) is 17.9 Å². The van der Waals surface area contributed by atoms with E-state index < -0.39 is 48.2 Å². The van der Waals surface area contributed by atoms with E-state index in [0.717, 1.165) is 10.8 Å². The molecule has 29 heavy (non-hydrogen) atoms. The molecular weight excluding hydrogens is 390 g/mol. The molecule has 0 saturated carbocycles. The first-order chi connectivity index (χ1) is 13.7. The quantitative estimate of drug-likeness (QED) is 0.150. The molecule has 0 aliphatic carbocycles. The molecule has 3 atom stereocenters. The topological polar surface area (TPSA) is 182 Å². The molecule has 2 rings (SSSR count). The van der Waals surface area contributed by atoms with Crippen molar-refractivity contribution < 1.29 is 34.9 Å². The maximum Gasteiger partial charge on any atom is 0.330 e. The molecule has 0 aromatic carbocycles. The summed E-state index contributed by atoms with van der Waals surface area (Å²) in [4.78, 5) is 47.7. The predicted octanol–water partition coefficient (Wildman–Crippen LogP) is -2.22. The first kappa shape index (κ1) is 22.1. The zero-order valence-corrected chi connectivity index (χ0v) is 15.0. The predicted molar refractivity (Wildman–Crippen MR) is 94.7 cm³/mol. The van der Waals surface area contributed by atoms with Crippen molar-refractivity contribution in [3.05, 3.63) is 44.8 Å². The van der Waals surface area contributed by atoms with Gasteiger partial charge in [-0.25, -0.2) is 14.7 Å². The van der Waals surface area contributed by atoms with Crippen molar-refractivity contribution in [3.8, 4) is 11.8 Å². The van der Waals surface area contributed by atoms with Crippen LogP contribution in [0, 0.1) is 11.8 Å². The number of nitrogens with zero attached hydrogens (tertiary/aromatic N) is 2. The zero-order chi connectivity index (χ0) is 21.6. The van der Waals surface area contributed by atoms with Gasteiger partial charge >= 0.3 is 11.7 Å². The number of aromatic nitrogens is 2. The minimum absolute atomic E-state index is 0.0372. The first-order valence-electron chi connectivity index (χ1n) is 8.43. The van der Waals surface area contributed by atoms with Crippen LogP contribution in [-0.4, -0.2) is 72.4 Å². The Bertz CT molecular complexity index is 969. The minimum atomic E-state index is -1.34. The number of rotatable bonds is 6. The number of H-pyrrole nitrogens is 1. The maximum absolute atomic E-state index is 12.0. The molecule has 1 saturated heterocycles. The third-order valence-corrected chi connectivity index (χ3v) is 3.96. The number of aliphatic hydroxyl groups excluding tert-OH is 2. The number of aromatic amines is 1. The van der Waals surface area contributed by atoms with Gasteiger partial charge in [-0.1, -0.05) is 11.8 Å². The van der Waals surface area contributed by atoms with E-state index in [4.69, 9.17) is 14.9 Å². The molecule has 1 fully saturated rings. The zero-order valence-electron chi connectivity index (χ0n) is 15.0. The molecule has 12 heteroatoms. The van der Waals surface area contributed by atoms with Crippen molar-refractivity contribution in [1.29, 1.82) is 0 Å². The molecule has 5 N–H and O–H groups in total. The molecule has 2 unspecified atom stereocenters. The lowest BCUT2D eigenvalue weighted by molar-refractivity contribution is -0.159. The summed E-state index contributed by atoms with van der Waals surface area (Å²) >= 11 is 0. The lowest BCUT2D eigenvalue weighted by Crippen LogP contribution is -2.33. The second-order valence-electron chi connectivity index (χ2n) is 6.01. The van der Waals surface area contributed by atoms with Crippen molar-refractivity contribution in [2.75, 3.05) is 13.2 Å². The standard InChI is InChI=1S/C17H19N3O9/c21-9-12-11(22)7-14(29-12)19-8-10(16(26)18-17(19)27)3-1-2-6-20(28)13(23)4-5-15(24)25/h4-5,8,11-12,14,21-22,28H,2,6-7,9H2,(H,24,25)(H,18,26,27)/b5-4+/t11-,12?,14?/m0/s1. The van der Waals surface area contributed by atoms with Gasteiger partial charge in [0.25, 0.3) is 11.5 Å². The number of carbonyl (C=O) groups is 2. The number of hydroxylamine groups is 2. The monoisotopic (exact) mass is 409 g/mol. The van der Waals surface area contributed by atoms with Crippen LogP contribution < -0.4 is 11.2 Å². The van der Waals surface area contributed by atoms with Crippen molar-refractivity contribution in [3.63, 3.8) is 0 Å². The summed E-state index contributed by atoms with van der Waals surface area (Å²) in [5, 5.41) is 37.1. The number of hydrogen-bond acceptors (Lipinski definition) is 8. The van der Waals surface area contributed by atoms with Gasteiger partial charge in [0, 0.05) is 31.2 Å². The van der Waals surface area contributed by atoms with E-state index in [-0.39, 0.29) is 30.0 Å². The number of nitrogens with one attached hydrogen (secondary N) is 1. The second kappa shape index (κ2) is 9.80. The average molecular weight is 409 g/mol. The number of amides is 1. The van der Waals surface area contributed by atoms with Crippen LogP contribution in [0.2, 0.25) is 0 Å². The van der Waals surface area contributed by atoms with Gasteiger partial charge in [-0.05, 0) is 0 Å². The number of ether oxygens (including phenoxy) is 1. The van der Waals surface area contributed by atoms with E-state index in [0.29, 0.717) is 12.2 Å². The third kappa shape index (κ3) is 5.87. The molecule has 1 aliphatic heterocycles. The van der Waals surface area contributed by atoms with Crippen LogP contribution in [0.1, 0.15) is 24.6 Å². The Labute approximate surface area is 163 Å². The molecule has 1 aromatic heterocycles. The molecular formula is C17H19N3O9. The highest BCUT2D eigenvalue weighted by atomic mass is 16.5. The number of carboxylic acid groups (broad SMARTS) is 1. The SMILES string of the molecule is O=C(O)/C=C/C(=O)N(O)CCC#Cc1cn(C2C[C@H](O)C(CO)O2)c(=O)[nH]c1=O. The Hall–Kier alpha value is -3.24. The fourth-order valence-electron chi connectivity index (χ4n) is 2.50. The summed E-state index contributed by atoms with van der Waals surface area (Å²) in [6.45, 7) is -0.677. The van der Waals surface area contributed by atoms with E-state index in [2.05, 4.69) is 16.8 Å². The summed E-state index contributed by atoms with van der Waals surface area (Å²) in [6.07, 6.45) is -0.322. The highest BCUT2D eigenvalue weighted by molar-refractivity contribution is 5.93. The Balaban J connectivity index is 2.07. The second-order valence-corrected chi connectivity index (χ2v) is 6.01. The van der Waals surface area contributed by atoms with E-state index in [9.17, 15) is 29.5 Å². The van der Waals surface area contributed by atoms with Gasteiger partial charge in [-0.3, -0.25) is 24.3 Å². The van der Waals surface area contributed by atoms with Gasteiger partial charge < -0.3 is 20.1 Å². The Morgan fingerprint density at radius 1 is 1.38 bits per heavy atom. The number of carboxylic acids is 1. The average Bonchev–Trinajstić information content (AvgIpc) is 3.04. The summed E-state index contributed by atoms with van der Waals surface area (Å²) in [7, 11) is 0. The van der Waals surface area contributed by atoms with Crippen molar-refractivity contribution in [1.82, 2.24) is 14.6 Å². The van der Waals surface area contributed by atoms with Gasteiger partial charge in [-0.2, -0.15) is 0 Å². The van der Waals surface area contributed by atoms with Gasteiger partial charge in [0.05, 0.1) is 19.3 Å². The van der Waals surface area contributed by atoms with Crippen LogP contribution in [0.4, 0.5) is 0 Å². The number of aliphatic carboxylic acids is 1. The summed E-state index contributed by atoms with van der Waals surface area (Å²) in [6, 6.07) is 0. The fourth-order valence-corrected chi connectivity index (χ4v) is 2.50. The summed E-state index contributed by atoms with van der Waals surface area (Å²) < 4.78 is 6.42. The van der Waals surface area contributed by atoms with Crippen LogP contribution in [0.25, 0.3) is 0 Å². The molecule has 0 bridgehead atoms. The fraction of sp³-hybridized carbons (Fsp3) is 0.412.